The molecule has 4 heteroatoms. The van der Waals surface area contributed by atoms with Crippen LogP contribution in [0, 0.1) is 0 Å². The molecule has 90 valence electrons. The van der Waals surface area contributed by atoms with Crippen LogP contribution < -0.4 is 5.73 Å². The van der Waals surface area contributed by atoms with E-state index in [4.69, 9.17) is 5.73 Å². The van der Waals surface area contributed by atoms with Crippen LogP contribution in [-0.2, 0) is 6.42 Å². The second kappa shape index (κ2) is 4.46. The van der Waals surface area contributed by atoms with E-state index in [1.54, 1.807) is 0 Å². The molecule has 0 atom stereocenters. The van der Waals surface area contributed by atoms with Gasteiger partial charge in [0.1, 0.15) is 16.2 Å². The predicted octanol–water partition coefficient (Wildman–Crippen LogP) is 3.27. The fraction of sp³-hybridized carbons (Fsp3) is 0.0714. The fourth-order valence-corrected chi connectivity index (χ4v) is 2.61. The van der Waals surface area contributed by atoms with Gasteiger partial charge in [-0.05, 0) is 33.6 Å². The number of benzene rings is 1. The Labute approximate surface area is 113 Å². The van der Waals surface area contributed by atoms with Crippen molar-refractivity contribution in [1.29, 1.82) is 0 Å². The number of nitrogens with two attached hydrogens (primary N) is 1. The second-order valence-electron chi connectivity index (χ2n) is 4.15. The van der Waals surface area contributed by atoms with Crippen LogP contribution in [0.5, 0.6) is 0 Å². The lowest BCUT2D eigenvalue weighted by Crippen LogP contribution is -2.01. The lowest BCUT2D eigenvalue weighted by molar-refractivity contribution is 0.966. The van der Waals surface area contributed by atoms with Crippen molar-refractivity contribution in [2.75, 3.05) is 5.73 Å². The Bertz CT molecular complexity index is 689. The van der Waals surface area contributed by atoms with Gasteiger partial charge in [0.25, 0.3) is 0 Å². The van der Waals surface area contributed by atoms with Crippen LogP contribution in [0.15, 0.2) is 53.1 Å². The molecule has 3 rings (SSSR count). The van der Waals surface area contributed by atoms with E-state index < -0.39 is 0 Å². The molecule has 0 radical (unpaired) electrons. The monoisotopic (exact) mass is 301 g/mol. The number of nitrogens with zero attached hydrogens (tertiary/aromatic N) is 2. The predicted molar refractivity (Wildman–Crippen MR) is 76.6 cm³/mol. The van der Waals surface area contributed by atoms with Gasteiger partial charge in [-0.2, -0.15) is 0 Å². The molecule has 2 heterocycles. The highest BCUT2D eigenvalue weighted by Crippen LogP contribution is 2.23. The van der Waals surface area contributed by atoms with Crippen LogP contribution in [0.4, 0.5) is 5.82 Å². The zero-order valence-electron chi connectivity index (χ0n) is 9.68. The van der Waals surface area contributed by atoms with E-state index in [-0.39, 0.29) is 0 Å². The number of halogens is 1. The van der Waals surface area contributed by atoms with Crippen molar-refractivity contribution in [3.8, 4) is 0 Å². The van der Waals surface area contributed by atoms with Crippen LogP contribution in [0.25, 0.3) is 5.52 Å². The molecular weight excluding hydrogens is 290 g/mol. The molecule has 2 aromatic heterocycles. The Kier molecular flexibility index (Phi) is 2.80. The van der Waals surface area contributed by atoms with E-state index in [2.05, 4.69) is 33.0 Å². The first-order chi connectivity index (χ1) is 8.75. The standard InChI is InChI=1S/C14H12BrN3/c15-14-11-7-4-8-12(16)18(11)13(17-14)9-10-5-2-1-3-6-10/h1-8H,9,16H2. The van der Waals surface area contributed by atoms with Gasteiger partial charge in [0.2, 0.25) is 0 Å². The first-order valence-corrected chi connectivity index (χ1v) is 6.50. The summed E-state index contributed by atoms with van der Waals surface area (Å²) in [6, 6.07) is 16.1. The Morgan fingerprint density at radius 2 is 1.83 bits per heavy atom. The zero-order valence-corrected chi connectivity index (χ0v) is 11.3. The molecule has 3 nitrogen and oxygen atoms in total. The third kappa shape index (κ3) is 1.88. The van der Waals surface area contributed by atoms with Gasteiger partial charge in [-0.3, -0.25) is 4.40 Å². The maximum atomic E-state index is 6.03. The van der Waals surface area contributed by atoms with Crippen LogP contribution in [-0.4, -0.2) is 9.38 Å². The van der Waals surface area contributed by atoms with E-state index in [0.29, 0.717) is 5.82 Å². The number of hydrogen-bond donors (Lipinski definition) is 1. The lowest BCUT2D eigenvalue weighted by Gasteiger charge is -2.04. The number of fused-ring (bicyclic) bond motifs is 1. The quantitative estimate of drug-likeness (QED) is 0.789. The average molecular weight is 302 g/mol. The van der Waals surface area contributed by atoms with E-state index in [0.717, 1.165) is 22.4 Å². The lowest BCUT2D eigenvalue weighted by atomic mass is 10.1. The molecule has 0 saturated carbocycles. The Morgan fingerprint density at radius 3 is 2.61 bits per heavy atom. The number of imidazole rings is 1. The molecule has 0 saturated heterocycles. The van der Waals surface area contributed by atoms with E-state index >= 15 is 0 Å². The number of rotatable bonds is 2. The smallest absolute Gasteiger partial charge is 0.132 e. The number of nitrogen functional groups attached to an aromatic ring is 1. The maximum absolute atomic E-state index is 6.03. The van der Waals surface area contributed by atoms with Crippen molar-refractivity contribution in [1.82, 2.24) is 9.38 Å². The van der Waals surface area contributed by atoms with Crippen molar-refractivity contribution in [3.05, 3.63) is 64.5 Å². The summed E-state index contributed by atoms with van der Waals surface area (Å²) >= 11 is 3.48. The summed E-state index contributed by atoms with van der Waals surface area (Å²) in [6.45, 7) is 0. The van der Waals surface area contributed by atoms with Gasteiger partial charge in [-0.15, -0.1) is 0 Å². The van der Waals surface area contributed by atoms with E-state index in [9.17, 15) is 0 Å². The Balaban J connectivity index is 2.13. The minimum Gasteiger partial charge on any atom is -0.385 e. The van der Waals surface area contributed by atoms with Crippen molar-refractivity contribution in [3.63, 3.8) is 0 Å². The summed E-state index contributed by atoms with van der Waals surface area (Å²) in [5.41, 5.74) is 8.25. The topological polar surface area (TPSA) is 43.3 Å². The molecule has 0 aliphatic heterocycles. The average Bonchev–Trinajstić information content (AvgIpc) is 2.69. The largest absolute Gasteiger partial charge is 0.385 e. The minimum absolute atomic E-state index is 0.705. The third-order valence-electron chi connectivity index (χ3n) is 2.92. The molecule has 0 fully saturated rings. The SMILES string of the molecule is Nc1cccc2c(Br)nc(Cc3ccccc3)n12. The second-order valence-corrected chi connectivity index (χ2v) is 4.90. The van der Waals surface area contributed by atoms with Crippen molar-refractivity contribution in [2.24, 2.45) is 0 Å². The van der Waals surface area contributed by atoms with Crippen LogP contribution in [0.3, 0.4) is 0 Å². The van der Waals surface area contributed by atoms with Crippen LogP contribution in [0.2, 0.25) is 0 Å². The molecule has 0 unspecified atom stereocenters. The van der Waals surface area contributed by atoms with Gasteiger partial charge in [-0.1, -0.05) is 36.4 Å². The van der Waals surface area contributed by atoms with Gasteiger partial charge in [0.05, 0.1) is 5.52 Å². The summed E-state index contributed by atoms with van der Waals surface area (Å²) in [5.74, 6) is 1.65. The first-order valence-electron chi connectivity index (χ1n) is 5.71. The highest BCUT2D eigenvalue weighted by Gasteiger charge is 2.11. The van der Waals surface area contributed by atoms with Crippen LogP contribution in [0.1, 0.15) is 11.4 Å². The van der Waals surface area contributed by atoms with Gasteiger partial charge < -0.3 is 5.73 Å². The number of anilines is 1. The van der Waals surface area contributed by atoms with Crippen molar-refractivity contribution in [2.45, 2.75) is 6.42 Å². The maximum Gasteiger partial charge on any atom is 0.132 e. The normalized spacial score (nSPS) is 10.9. The minimum atomic E-state index is 0.705. The molecule has 0 aliphatic carbocycles. The molecule has 0 spiro atoms. The highest BCUT2D eigenvalue weighted by atomic mass is 79.9. The van der Waals surface area contributed by atoms with Gasteiger partial charge in [0.15, 0.2) is 0 Å². The van der Waals surface area contributed by atoms with Gasteiger partial charge in [-0.25, -0.2) is 4.98 Å². The van der Waals surface area contributed by atoms with Gasteiger partial charge in [0, 0.05) is 6.42 Å². The summed E-state index contributed by atoms with van der Waals surface area (Å²) in [4.78, 5) is 4.55. The van der Waals surface area contributed by atoms with E-state index in [1.807, 2.05) is 40.8 Å². The summed E-state index contributed by atoms with van der Waals surface area (Å²) < 4.78 is 2.82. The molecule has 0 aliphatic rings. The van der Waals surface area contributed by atoms with Gasteiger partial charge >= 0.3 is 0 Å². The molecule has 0 bridgehead atoms. The highest BCUT2D eigenvalue weighted by molar-refractivity contribution is 9.10. The molecule has 2 N–H and O–H groups in total. The molecular formula is C14H12BrN3. The Morgan fingerprint density at radius 1 is 1.06 bits per heavy atom. The number of aromatic nitrogens is 2. The molecule has 1 aromatic carbocycles. The Hall–Kier alpha value is -1.81. The van der Waals surface area contributed by atoms with Crippen molar-refractivity contribution < 1.29 is 0 Å². The third-order valence-corrected chi connectivity index (χ3v) is 3.51. The number of pyridine rings is 1. The molecule has 18 heavy (non-hydrogen) atoms. The number of hydrogen-bond acceptors (Lipinski definition) is 2. The zero-order chi connectivity index (χ0) is 12.5. The summed E-state index contributed by atoms with van der Waals surface area (Å²) in [7, 11) is 0. The molecule has 3 aromatic rings. The summed E-state index contributed by atoms with van der Waals surface area (Å²) in [5, 5.41) is 0. The first kappa shape index (κ1) is 11.3. The fourth-order valence-electron chi connectivity index (χ4n) is 2.09. The molecule has 0 amide bonds. The van der Waals surface area contributed by atoms with E-state index in [1.165, 1.54) is 5.56 Å². The summed E-state index contributed by atoms with van der Waals surface area (Å²) in [6.07, 6.45) is 0.766. The van der Waals surface area contributed by atoms with Crippen LogP contribution >= 0.6 is 15.9 Å². The van der Waals surface area contributed by atoms with Crippen molar-refractivity contribution >= 4 is 27.3 Å².